The van der Waals surface area contributed by atoms with Crippen molar-refractivity contribution in [3.8, 4) is 11.5 Å². The summed E-state index contributed by atoms with van der Waals surface area (Å²) in [6.45, 7) is 5.93. The molecule has 4 nitrogen and oxygen atoms in total. The summed E-state index contributed by atoms with van der Waals surface area (Å²) in [5.41, 5.74) is 5.00. The highest BCUT2D eigenvalue weighted by Crippen LogP contribution is 2.27. The van der Waals surface area contributed by atoms with Gasteiger partial charge in [0.2, 0.25) is 0 Å². The average Bonchev–Trinajstić information content (AvgIpc) is 3.11. The third-order valence-electron chi connectivity index (χ3n) is 4.81. The lowest BCUT2D eigenvalue weighted by Crippen LogP contribution is -2.14. The Hall–Kier alpha value is -3.40. The molecule has 0 atom stereocenters. The molecule has 2 aromatic carbocycles. The number of para-hydroxylation sites is 1. The minimum absolute atomic E-state index is 0.160. The van der Waals surface area contributed by atoms with Gasteiger partial charge >= 0.3 is 0 Å². The molecule has 1 N–H and O–H groups in total. The molecule has 0 bridgehead atoms. The van der Waals surface area contributed by atoms with Crippen molar-refractivity contribution in [1.82, 2.24) is 4.98 Å². The number of benzene rings is 2. The molecule has 4 rings (SSSR count). The summed E-state index contributed by atoms with van der Waals surface area (Å²) in [7, 11) is 0. The molecule has 0 radical (unpaired) electrons. The van der Waals surface area contributed by atoms with E-state index in [1.54, 1.807) is 6.07 Å². The number of nitrogens with one attached hydrogen (secondary N) is 1. The van der Waals surface area contributed by atoms with Gasteiger partial charge in [0.1, 0.15) is 11.5 Å². The van der Waals surface area contributed by atoms with Crippen LogP contribution >= 0.6 is 0 Å². The minimum Gasteiger partial charge on any atom is -0.460 e. The molecule has 0 aliphatic rings. The summed E-state index contributed by atoms with van der Waals surface area (Å²) in [6, 6.07) is 19.1. The van der Waals surface area contributed by atoms with Crippen LogP contribution in [-0.4, -0.2) is 10.9 Å². The second kappa shape index (κ2) is 6.72. The number of fused-ring (bicyclic) bond motifs is 1. The number of furan rings is 1. The second-order valence-corrected chi connectivity index (χ2v) is 6.68. The monoisotopic (exact) mass is 356 g/mol. The molecule has 4 heteroatoms. The maximum absolute atomic E-state index is 13.1. The first-order valence-corrected chi connectivity index (χ1v) is 8.87. The summed E-state index contributed by atoms with van der Waals surface area (Å²) in [4.78, 5) is 17.8. The van der Waals surface area contributed by atoms with Crippen LogP contribution in [0.4, 0.5) is 5.69 Å². The SMILES string of the molecule is Cc1ccc(-c2cc(C(=O)Nc3cccc(C)c3C)c3ccccc3n2)o1. The summed E-state index contributed by atoms with van der Waals surface area (Å²) >= 11 is 0. The summed E-state index contributed by atoms with van der Waals surface area (Å²) in [6.07, 6.45) is 0. The molecule has 0 aliphatic carbocycles. The number of carbonyl (C=O) groups is 1. The van der Waals surface area contributed by atoms with E-state index in [4.69, 9.17) is 4.42 Å². The van der Waals surface area contributed by atoms with Gasteiger partial charge < -0.3 is 9.73 Å². The van der Waals surface area contributed by atoms with Crippen LogP contribution in [0.5, 0.6) is 0 Å². The smallest absolute Gasteiger partial charge is 0.256 e. The van der Waals surface area contributed by atoms with E-state index >= 15 is 0 Å². The van der Waals surface area contributed by atoms with E-state index in [9.17, 15) is 4.79 Å². The maximum atomic E-state index is 13.1. The van der Waals surface area contributed by atoms with Crippen molar-refractivity contribution in [2.45, 2.75) is 20.8 Å². The number of amides is 1. The predicted molar refractivity (Wildman–Crippen MR) is 108 cm³/mol. The highest BCUT2D eigenvalue weighted by atomic mass is 16.3. The Morgan fingerprint density at radius 3 is 2.56 bits per heavy atom. The highest BCUT2D eigenvalue weighted by Gasteiger charge is 2.16. The van der Waals surface area contributed by atoms with Gasteiger partial charge in [0.15, 0.2) is 5.76 Å². The standard InChI is InChI=1S/C23H20N2O2/c1-14-7-6-10-19(16(14)3)25-23(26)18-13-21(22-12-11-15(2)27-22)24-20-9-5-4-8-17(18)20/h4-13H,1-3H3,(H,25,26). The highest BCUT2D eigenvalue weighted by molar-refractivity contribution is 6.13. The third-order valence-corrected chi connectivity index (χ3v) is 4.81. The minimum atomic E-state index is -0.160. The van der Waals surface area contributed by atoms with E-state index in [1.807, 2.05) is 75.4 Å². The fourth-order valence-electron chi connectivity index (χ4n) is 3.14. The number of rotatable bonds is 3. The van der Waals surface area contributed by atoms with Gasteiger partial charge in [0.25, 0.3) is 5.91 Å². The van der Waals surface area contributed by atoms with Gasteiger partial charge in [-0.15, -0.1) is 0 Å². The largest absolute Gasteiger partial charge is 0.460 e. The Morgan fingerprint density at radius 2 is 1.78 bits per heavy atom. The van der Waals surface area contributed by atoms with Crippen molar-refractivity contribution >= 4 is 22.5 Å². The average molecular weight is 356 g/mol. The summed E-state index contributed by atoms with van der Waals surface area (Å²) in [5, 5.41) is 3.86. The fourth-order valence-corrected chi connectivity index (χ4v) is 3.14. The van der Waals surface area contributed by atoms with Gasteiger partial charge in [-0.25, -0.2) is 4.98 Å². The zero-order valence-corrected chi connectivity index (χ0v) is 15.5. The Balaban J connectivity index is 1.82. The number of aryl methyl sites for hydroxylation is 2. The normalized spacial score (nSPS) is 10.9. The van der Waals surface area contributed by atoms with Crippen molar-refractivity contribution in [3.05, 3.63) is 83.1 Å². The number of aromatic nitrogens is 1. The van der Waals surface area contributed by atoms with Crippen LogP contribution in [0.25, 0.3) is 22.4 Å². The van der Waals surface area contributed by atoms with E-state index in [0.29, 0.717) is 17.0 Å². The van der Waals surface area contributed by atoms with Crippen LogP contribution in [0.3, 0.4) is 0 Å². The van der Waals surface area contributed by atoms with Crippen molar-refractivity contribution in [2.75, 3.05) is 5.32 Å². The quantitative estimate of drug-likeness (QED) is 0.514. The van der Waals surface area contributed by atoms with Gasteiger partial charge in [-0.2, -0.15) is 0 Å². The van der Waals surface area contributed by atoms with Crippen molar-refractivity contribution in [3.63, 3.8) is 0 Å². The van der Waals surface area contributed by atoms with Crippen molar-refractivity contribution < 1.29 is 9.21 Å². The van der Waals surface area contributed by atoms with Crippen LogP contribution in [0, 0.1) is 20.8 Å². The maximum Gasteiger partial charge on any atom is 0.256 e. The van der Waals surface area contributed by atoms with E-state index in [0.717, 1.165) is 33.5 Å². The Labute approximate surface area is 157 Å². The topological polar surface area (TPSA) is 55.1 Å². The molecular weight excluding hydrogens is 336 g/mol. The molecule has 2 aromatic heterocycles. The van der Waals surface area contributed by atoms with E-state index in [1.165, 1.54) is 0 Å². The van der Waals surface area contributed by atoms with Crippen LogP contribution < -0.4 is 5.32 Å². The fraction of sp³-hybridized carbons (Fsp3) is 0.130. The van der Waals surface area contributed by atoms with Gasteiger partial charge in [-0.3, -0.25) is 4.79 Å². The second-order valence-electron chi connectivity index (χ2n) is 6.68. The van der Waals surface area contributed by atoms with Crippen LogP contribution in [0.15, 0.2) is 65.1 Å². The first-order valence-electron chi connectivity index (χ1n) is 8.87. The zero-order valence-electron chi connectivity index (χ0n) is 15.5. The van der Waals surface area contributed by atoms with Crippen molar-refractivity contribution in [1.29, 1.82) is 0 Å². The molecule has 134 valence electrons. The molecule has 0 spiro atoms. The first-order chi connectivity index (χ1) is 13.0. The molecule has 0 aliphatic heterocycles. The molecule has 27 heavy (non-hydrogen) atoms. The Morgan fingerprint density at radius 1 is 0.963 bits per heavy atom. The number of hydrogen-bond acceptors (Lipinski definition) is 3. The summed E-state index contributed by atoms with van der Waals surface area (Å²) < 4.78 is 5.71. The number of nitrogens with zero attached hydrogens (tertiary/aromatic N) is 1. The Kier molecular flexibility index (Phi) is 4.24. The van der Waals surface area contributed by atoms with Gasteiger partial charge in [0, 0.05) is 11.1 Å². The lowest BCUT2D eigenvalue weighted by Gasteiger charge is -2.12. The molecular formula is C23H20N2O2. The third kappa shape index (κ3) is 3.22. The zero-order chi connectivity index (χ0) is 19.0. The molecule has 4 aromatic rings. The molecule has 1 amide bonds. The van der Waals surface area contributed by atoms with Crippen molar-refractivity contribution in [2.24, 2.45) is 0 Å². The van der Waals surface area contributed by atoms with Crippen LogP contribution in [0.2, 0.25) is 0 Å². The van der Waals surface area contributed by atoms with Gasteiger partial charge in [-0.1, -0.05) is 30.3 Å². The molecule has 0 unspecified atom stereocenters. The Bertz CT molecular complexity index is 1160. The van der Waals surface area contributed by atoms with Crippen LogP contribution in [-0.2, 0) is 0 Å². The molecule has 2 heterocycles. The van der Waals surface area contributed by atoms with Gasteiger partial charge in [0.05, 0.1) is 11.1 Å². The van der Waals surface area contributed by atoms with Crippen LogP contribution in [0.1, 0.15) is 27.2 Å². The predicted octanol–water partition coefficient (Wildman–Crippen LogP) is 5.67. The van der Waals surface area contributed by atoms with E-state index in [2.05, 4.69) is 10.3 Å². The number of hydrogen-bond donors (Lipinski definition) is 1. The lowest BCUT2D eigenvalue weighted by molar-refractivity contribution is 0.102. The number of carbonyl (C=O) groups excluding carboxylic acids is 1. The van der Waals surface area contributed by atoms with E-state index in [-0.39, 0.29) is 5.91 Å². The molecule has 0 saturated heterocycles. The number of pyridine rings is 1. The molecule has 0 fully saturated rings. The van der Waals surface area contributed by atoms with Gasteiger partial charge in [-0.05, 0) is 62.2 Å². The van der Waals surface area contributed by atoms with E-state index < -0.39 is 0 Å². The molecule has 0 saturated carbocycles. The summed E-state index contributed by atoms with van der Waals surface area (Å²) in [5.74, 6) is 1.30. The lowest BCUT2D eigenvalue weighted by atomic mass is 10.0. The number of anilines is 1. The first kappa shape index (κ1) is 17.0.